The van der Waals surface area contributed by atoms with Crippen LogP contribution in [0.5, 0.6) is 11.5 Å². The van der Waals surface area contributed by atoms with Gasteiger partial charge in [-0.1, -0.05) is 20.8 Å². The zero-order valence-corrected chi connectivity index (χ0v) is 13.7. The van der Waals surface area contributed by atoms with Gasteiger partial charge in [0, 0.05) is 23.6 Å². The van der Waals surface area contributed by atoms with E-state index in [1.165, 1.54) is 5.57 Å². The van der Waals surface area contributed by atoms with Gasteiger partial charge in [0.25, 0.3) is 0 Å². The van der Waals surface area contributed by atoms with Crippen molar-refractivity contribution in [2.75, 3.05) is 7.11 Å². The number of rotatable bonds is 3. The average Bonchev–Trinajstić information content (AvgIpc) is 2.36. The molecule has 114 valence electrons. The van der Waals surface area contributed by atoms with Gasteiger partial charge in [-0.2, -0.15) is 0 Å². The minimum atomic E-state index is -0.354. The van der Waals surface area contributed by atoms with E-state index in [4.69, 9.17) is 9.47 Å². The Labute approximate surface area is 127 Å². The summed E-state index contributed by atoms with van der Waals surface area (Å²) in [5.41, 5.74) is 2.84. The van der Waals surface area contributed by atoms with Crippen molar-refractivity contribution >= 4 is 11.9 Å². The van der Waals surface area contributed by atoms with Gasteiger partial charge in [-0.25, -0.2) is 0 Å². The summed E-state index contributed by atoms with van der Waals surface area (Å²) in [6, 6.07) is 3.92. The molecule has 21 heavy (non-hydrogen) atoms. The lowest BCUT2D eigenvalue weighted by molar-refractivity contribution is -0.107. The van der Waals surface area contributed by atoms with Gasteiger partial charge in [0.05, 0.1) is 7.11 Å². The molecule has 1 aromatic rings. The van der Waals surface area contributed by atoms with Crippen LogP contribution in [0, 0.1) is 5.41 Å². The summed E-state index contributed by atoms with van der Waals surface area (Å²) in [4.78, 5) is 10.9. The molecule has 0 N–H and O–H groups in total. The summed E-state index contributed by atoms with van der Waals surface area (Å²) in [7, 11) is 1.62. The highest BCUT2D eigenvalue weighted by molar-refractivity contribution is 5.78. The Morgan fingerprint density at radius 3 is 2.48 bits per heavy atom. The molecule has 1 aromatic carbocycles. The molecule has 0 aliphatic carbocycles. The summed E-state index contributed by atoms with van der Waals surface area (Å²) in [5, 5.41) is 0. The maximum atomic E-state index is 10.9. The van der Waals surface area contributed by atoms with Gasteiger partial charge in [0.15, 0.2) is 0 Å². The largest absolute Gasteiger partial charge is 0.496 e. The van der Waals surface area contributed by atoms with Crippen LogP contribution in [0.2, 0.25) is 0 Å². The Morgan fingerprint density at radius 1 is 1.29 bits per heavy atom. The number of hydrogen-bond acceptors (Lipinski definition) is 3. The highest BCUT2D eigenvalue weighted by Crippen LogP contribution is 2.46. The van der Waals surface area contributed by atoms with Crippen molar-refractivity contribution < 1.29 is 14.3 Å². The highest BCUT2D eigenvalue weighted by Gasteiger charge is 2.32. The number of carbonyl (C=O) groups excluding carboxylic acids is 1. The van der Waals surface area contributed by atoms with Gasteiger partial charge in [-0.15, -0.1) is 0 Å². The summed E-state index contributed by atoms with van der Waals surface area (Å²) in [6.07, 6.45) is 3.42. The predicted octanol–water partition coefficient (Wildman–Crippen LogP) is 4.04. The lowest BCUT2D eigenvalue weighted by Gasteiger charge is -2.36. The lowest BCUT2D eigenvalue weighted by Crippen LogP contribution is -2.31. The molecule has 0 unspecified atom stereocenters. The van der Waals surface area contributed by atoms with Crippen molar-refractivity contribution in [2.24, 2.45) is 5.41 Å². The van der Waals surface area contributed by atoms with Crippen molar-refractivity contribution in [3.8, 4) is 11.5 Å². The SMILES string of the molecule is COc1cc2c(cc1CC=O)C(C(C)(C)C)=CC(C)(C)O2. The fraction of sp³-hybridized carbons (Fsp3) is 0.500. The normalized spacial score (nSPS) is 16.6. The van der Waals surface area contributed by atoms with Gasteiger partial charge >= 0.3 is 0 Å². The fourth-order valence-electron chi connectivity index (χ4n) is 2.70. The van der Waals surface area contributed by atoms with Crippen LogP contribution in [0.3, 0.4) is 0 Å². The van der Waals surface area contributed by atoms with Crippen LogP contribution in [0.4, 0.5) is 0 Å². The Morgan fingerprint density at radius 2 is 1.95 bits per heavy atom. The van der Waals surface area contributed by atoms with Crippen LogP contribution in [-0.4, -0.2) is 19.0 Å². The minimum absolute atomic E-state index is 0.00281. The van der Waals surface area contributed by atoms with Crippen molar-refractivity contribution in [3.63, 3.8) is 0 Å². The third-order valence-corrected chi connectivity index (χ3v) is 3.65. The van der Waals surface area contributed by atoms with Crippen molar-refractivity contribution in [3.05, 3.63) is 29.3 Å². The van der Waals surface area contributed by atoms with Gasteiger partial charge in [-0.05, 0) is 37.0 Å². The summed E-state index contributed by atoms with van der Waals surface area (Å²) in [6.45, 7) is 10.7. The molecule has 1 aliphatic heterocycles. The number of benzene rings is 1. The molecule has 0 aromatic heterocycles. The quantitative estimate of drug-likeness (QED) is 0.788. The van der Waals surface area contributed by atoms with E-state index in [1.54, 1.807) is 7.11 Å². The van der Waals surface area contributed by atoms with Gasteiger partial charge in [0.2, 0.25) is 0 Å². The first kappa shape index (κ1) is 15.6. The Hall–Kier alpha value is -1.77. The van der Waals surface area contributed by atoms with Crippen molar-refractivity contribution in [1.82, 2.24) is 0 Å². The van der Waals surface area contributed by atoms with Gasteiger partial charge in [0.1, 0.15) is 23.4 Å². The van der Waals surface area contributed by atoms with Crippen LogP contribution in [-0.2, 0) is 11.2 Å². The summed E-state index contributed by atoms with van der Waals surface area (Å²) >= 11 is 0. The Balaban J connectivity index is 2.66. The smallest absolute Gasteiger partial charge is 0.131 e. The minimum Gasteiger partial charge on any atom is -0.496 e. The first-order chi connectivity index (χ1) is 9.68. The summed E-state index contributed by atoms with van der Waals surface area (Å²) < 4.78 is 11.5. The number of methoxy groups -OCH3 is 1. The molecular formula is C18H24O3. The molecule has 0 fully saturated rings. The molecule has 2 rings (SSSR count). The van der Waals surface area contributed by atoms with Crippen molar-refractivity contribution in [1.29, 1.82) is 0 Å². The zero-order valence-electron chi connectivity index (χ0n) is 13.7. The van der Waals surface area contributed by atoms with E-state index in [-0.39, 0.29) is 11.0 Å². The van der Waals surface area contributed by atoms with Gasteiger partial charge < -0.3 is 14.3 Å². The second-order valence-electron chi connectivity index (χ2n) is 7.04. The second-order valence-corrected chi connectivity index (χ2v) is 7.04. The first-order valence-corrected chi connectivity index (χ1v) is 7.25. The van der Waals surface area contributed by atoms with Crippen molar-refractivity contribution in [2.45, 2.75) is 46.6 Å². The van der Waals surface area contributed by atoms with Crippen LogP contribution in [0.1, 0.15) is 45.7 Å². The first-order valence-electron chi connectivity index (χ1n) is 7.25. The third-order valence-electron chi connectivity index (χ3n) is 3.65. The summed E-state index contributed by atoms with van der Waals surface area (Å²) in [5.74, 6) is 1.52. The number of hydrogen-bond donors (Lipinski definition) is 0. The second kappa shape index (κ2) is 5.21. The van der Waals surface area contributed by atoms with E-state index in [0.29, 0.717) is 12.2 Å². The van der Waals surface area contributed by atoms with E-state index in [9.17, 15) is 4.79 Å². The van der Waals surface area contributed by atoms with Crippen LogP contribution in [0.25, 0.3) is 5.57 Å². The molecule has 0 saturated heterocycles. The maximum Gasteiger partial charge on any atom is 0.131 e. The molecule has 0 spiro atoms. The Bertz CT molecular complexity index is 589. The van der Waals surface area contributed by atoms with Crippen LogP contribution in [0.15, 0.2) is 18.2 Å². The standard InChI is InChI=1S/C18H24O3/c1-17(2,3)14-11-18(4,5)21-16-10-15(20-6)12(7-8-19)9-13(14)16/h8-11H,7H2,1-6H3. The molecule has 0 saturated carbocycles. The fourth-order valence-corrected chi connectivity index (χ4v) is 2.70. The number of ether oxygens (including phenoxy) is 2. The molecule has 3 nitrogen and oxygen atoms in total. The average molecular weight is 288 g/mol. The lowest BCUT2D eigenvalue weighted by atomic mass is 9.78. The molecular weight excluding hydrogens is 264 g/mol. The predicted molar refractivity (Wildman–Crippen MR) is 84.9 cm³/mol. The molecule has 0 atom stereocenters. The highest BCUT2D eigenvalue weighted by atomic mass is 16.5. The van der Waals surface area contributed by atoms with E-state index in [1.807, 2.05) is 26.0 Å². The monoisotopic (exact) mass is 288 g/mol. The van der Waals surface area contributed by atoms with Gasteiger partial charge in [-0.3, -0.25) is 0 Å². The zero-order chi connectivity index (χ0) is 15.8. The molecule has 0 bridgehead atoms. The molecule has 0 radical (unpaired) electrons. The molecule has 3 heteroatoms. The van der Waals surface area contributed by atoms with Crippen LogP contribution >= 0.6 is 0 Å². The number of aldehydes is 1. The van der Waals surface area contributed by atoms with E-state index >= 15 is 0 Å². The molecule has 1 heterocycles. The molecule has 0 amide bonds. The Kier molecular flexibility index (Phi) is 3.87. The number of carbonyl (C=O) groups is 1. The maximum absolute atomic E-state index is 10.9. The van der Waals surface area contributed by atoms with Crippen LogP contribution < -0.4 is 9.47 Å². The van der Waals surface area contributed by atoms with E-state index in [0.717, 1.165) is 23.2 Å². The van der Waals surface area contributed by atoms with E-state index < -0.39 is 0 Å². The number of allylic oxidation sites excluding steroid dienone is 1. The van der Waals surface area contributed by atoms with E-state index in [2.05, 4.69) is 26.8 Å². The number of fused-ring (bicyclic) bond motifs is 1. The molecule has 1 aliphatic rings. The topological polar surface area (TPSA) is 35.5 Å². The third kappa shape index (κ3) is 3.12.